The molecule has 0 saturated carbocycles. The summed E-state index contributed by atoms with van der Waals surface area (Å²) in [6.45, 7) is 0. The standard InChI is InChI=1S/C17H14N2S/c1-2-6-17-14(5-1)16(11-20-17)19-13-7-8-15-12(10-13)4-3-9-18-15/h1-10,16,19H,11H2. The van der Waals surface area contributed by atoms with Crippen molar-refractivity contribution in [2.75, 3.05) is 11.1 Å². The van der Waals surface area contributed by atoms with Crippen LogP contribution in [0.25, 0.3) is 10.9 Å². The Kier molecular flexibility index (Phi) is 2.85. The number of rotatable bonds is 2. The van der Waals surface area contributed by atoms with Crippen LogP contribution in [0.5, 0.6) is 0 Å². The van der Waals surface area contributed by atoms with Crippen LogP contribution in [0.2, 0.25) is 0 Å². The average Bonchev–Trinajstić information content (AvgIpc) is 2.91. The van der Waals surface area contributed by atoms with E-state index in [-0.39, 0.29) is 0 Å². The van der Waals surface area contributed by atoms with Crippen LogP contribution in [0.1, 0.15) is 11.6 Å². The van der Waals surface area contributed by atoms with Gasteiger partial charge in [0.05, 0.1) is 11.6 Å². The van der Waals surface area contributed by atoms with Crippen molar-refractivity contribution < 1.29 is 0 Å². The van der Waals surface area contributed by atoms with Gasteiger partial charge in [-0.15, -0.1) is 11.8 Å². The first-order valence-electron chi connectivity index (χ1n) is 6.73. The molecule has 98 valence electrons. The molecule has 3 heteroatoms. The van der Waals surface area contributed by atoms with Crippen LogP contribution in [0.15, 0.2) is 65.7 Å². The van der Waals surface area contributed by atoms with Crippen molar-refractivity contribution in [2.45, 2.75) is 10.9 Å². The van der Waals surface area contributed by atoms with Crippen molar-refractivity contribution in [3.05, 3.63) is 66.4 Å². The second-order valence-corrected chi connectivity index (χ2v) is 6.02. The Morgan fingerprint density at radius 3 is 3.00 bits per heavy atom. The molecule has 1 unspecified atom stereocenters. The molecule has 0 amide bonds. The summed E-state index contributed by atoms with van der Waals surface area (Å²) in [4.78, 5) is 5.75. The number of hydrogen-bond donors (Lipinski definition) is 1. The number of aromatic nitrogens is 1. The van der Waals surface area contributed by atoms with Gasteiger partial charge in [0.2, 0.25) is 0 Å². The van der Waals surface area contributed by atoms with Gasteiger partial charge in [0, 0.05) is 27.9 Å². The van der Waals surface area contributed by atoms with E-state index in [0.29, 0.717) is 6.04 Å². The Labute approximate surface area is 122 Å². The van der Waals surface area contributed by atoms with E-state index in [1.54, 1.807) is 0 Å². The Hall–Kier alpha value is -2.00. The SMILES string of the molecule is c1ccc2c(c1)SCC2Nc1ccc2ncccc2c1. The van der Waals surface area contributed by atoms with Crippen molar-refractivity contribution in [1.29, 1.82) is 0 Å². The molecule has 2 aromatic carbocycles. The van der Waals surface area contributed by atoms with Gasteiger partial charge in [-0.25, -0.2) is 0 Å². The molecule has 1 atom stereocenters. The monoisotopic (exact) mass is 278 g/mol. The highest BCUT2D eigenvalue weighted by Gasteiger charge is 2.22. The smallest absolute Gasteiger partial charge is 0.0703 e. The van der Waals surface area contributed by atoms with E-state index in [4.69, 9.17) is 0 Å². The summed E-state index contributed by atoms with van der Waals surface area (Å²) in [6, 6.07) is 19.5. The Balaban J connectivity index is 1.65. The third kappa shape index (κ3) is 2.04. The minimum absolute atomic E-state index is 0.394. The average molecular weight is 278 g/mol. The predicted molar refractivity (Wildman–Crippen MR) is 85.3 cm³/mol. The summed E-state index contributed by atoms with van der Waals surface area (Å²) < 4.78 is 0. The van der Waals surface area contributed by atoms with Crippen LogP contribution in [0.3, 0.4) is 0 Å². The number of hydrogen-bond acceptors (Lipinski definition) is 3. The molecule has 0 spiro atoms. The first kappa shape index (κ1) is 11.8. The molecule has 1 N–H and O–H groups in total. The molecule has 0 bridgehead atoms. The van der Waals surface area contributed by atoms with E-state index in [2.05, 4.69) is 58.8 Å². The maximum Gasteiger partial charge on any atom is 0.0703 e. The van der Waals surface area contributed by atoms with Crippen molar-refractivity contribution in [1.82, 2.24) is 4.98 Å². The zero-order valence-corrected chi connectivity index (χ0v) is 11.7. The minimum Gasteiger partial charge on any atom is -0.377 e. The topological polar surface area (TPSA) is 24.9 Å². The molecule has 0 aliphatic carbocycles. The second-order valence-electron chi connectivity index (χ2n) is 4.96. The van der Waals surface area contributed by atoms with Gasteiger partial charge in [-0.3, -0.25) is 4.98 Å². The van der Waals surface area contributed by atoms with Gasteiger partial charge in [0.1, 0.15) is 0 Å². The highest BCUT2D eigenvalue weighted by atomic mass is 32.2. The van der Waals surface area contributed by atoms with Crippen LogP contribution >= 0.6 is 11.8 Å². The molecule has 3 aromatic rings. The number of anilines is 1. The normalized spacial score (nSPS) is 17.1. The Morgan fingerprint density at radius 1 is 1.05 bits per heavy atom. The van der Waals surface area contributed by atoms with Crippen molar-refractivity contribution in [2.24, 2.45) is 0 Å². The van der Waals surface area contributed by atoms with E-state index in [1.165, 1.54) is 15.8 Å². The first-order chi connectivity index (χ1) is 9.90. The zero-order valence-electron chi connectivity index (χ0n) is 10.9. The Morgan fingerprint density at radius 2 is 2.00 bits per heavy atom. The van der Waals surface area contributed by atoms with Gasteiger partial charge >= 0.3 is 0 Å². The van der Waals surface area contributed by atoms with Crippen LogP contribution in [0.4, 0.5) is 5.69 Å². The molecule has 0 radical (unpaired) electrons. The lowest BCUT2D eigenvalue weighted by Crippen LogP contribution is -2.09. The van der Waals surface area contributed by atoms with Gasteiger partial charge in [0.25, 0.3) is 0 Å². The van der Waals surface area contributed by atoms with Crippen LogP contribution in [-0.2, 0) is 0 Å². The van der Waals surface area contributed by atoms with E-state index in [1.807, 2.05) is 24.0 Å². The fraction of sp³-hybridized carbons (Fsp3) is 0.118. The van der Waals surface area contributed by atoms with Crippen molar-refractivity contribution in [3.8, 4) is 0 Å². The van der Waals surface area contributed by atoms with Crippen LogP contribution < -0.4 is 5.32 Å². The third-order valence-corrected chi connectivity index (χ3v) is 4.83. The molecule has 2 heterocycles. The summed E-state index contributed by atoms with van der Waals surface area (Å²) >= 11 is 1.92. The van der Waals surface area contributed by atoms with Crippen LogP contribution in [-0.4, -0.2) is 10.7 Å². The molecule has 0 saturated heterocycles. The molecule has 1 aliphatic heterocycles. The molecule has 1 aromatic heterocycles. The number of fused-ring (bicyclic) bond motifs is 2. The zero-order chi connectivity index (χ0) is 13.4. The van der Waals surface area contributed by atoms with Crippen molar-refractivity contribution in [3.63, 3.8) is 0 Å². The molecule has 0 fully saturated rings. The molecular weight excluding hydrogens is 264 g/mol. The van der Waals surface area contributed by atoms with Gasteiger partial charge in [-0.05, 0) is 35.9 Å². The number of nitrogens with one attached hydrogen (secondary N) is 1. The molecule has 20 heavy (non-hydrogen) atoms. The predicted octanol–water partition coefficient (Wildman–Crippen LogP) is 4.49. The fourth-order valence-electron chi connectivity index (χ4n) is 2.65. The maximum absolute atomic E-state index is 4.36. The van der Waals surface area contributed by atoms with Crippen LogP contribution in [0, 0.1) is 0 Å². The largest absolute Gasteiger partial charge is 0.377 e. The quantitative estimate of drug-likeness (QED) is 0.747. The molecule has 2 nitrogen and oxygen atoms in total. The lowest BCUT2D eigenvalue weighted by atomic mass is 10.1. The maximum atomic E-state index is 4.36. The number of pyridine rings is 1. The van der Waals surface area contributed by atoms with E-state index < -0.39 is 0 Å². The van der Waals surface area contributed by atoms with E-state index in [9.17, 15) is 0 Å². The number of thioether (sulfide) groups is 1. The Bertz CT molecular complexity index is 770. The highest BCUT2D eigenvalue weighted by molar-refractivity contribution is 7.99. The molecular formula is C17H14N2S. The van der Waals surface area contributed by atoms with E-state index >= 15 is 0 Å². The lowest BCUT2D eigenvalue weighted by Gasteiger charge is -2.15. The first-order valence-corrected chi connectivity index (χ1v) is 7.72. The second kappa shape index (κ2) is 4.84. The molecule has 1 aliphatic rings. The van der Waals surface area contributed by atoms with Gasteiger partial charge in [-0.2, -0.15) is 0 Å². The summed E-state index contributed by atoms with van der Waals surface area (Å²) in [5, 5.41) is 4.82. The number of benzene rings is 2. The van der Waals surface area contributed by atoms with Crippen molar-refractivity contribution >= 4 is 28.4 Å². The minimum atomic E-state index is 0.394. The van der Waals surface area contributed by atoms with Gasteiger partial charge in [-0.1, -0.05) is 24.3 Å². The van der Waals surface area contributed by atoms with Gasteiger partial charge < -0.3 is 5.32 Å². The fourth-order valence-corrected chi connectivity index (χ4v) is 3.81. The van der Waals surface area contributed by atoms with Gasteiger partial charge in [0.15, 0.2) is 0 Å². The van der Waals surface area contributed by atoms with E-state index in [0.717, 1.165) is 17.0 Å². The summed E-state index contributed by atoms with van der Waals surface area (Å²) in [7, 11) is 0. The lowest BCUT2D eigenvalue weighted by molar-refractivity contribution is 0.900. The summed E-state index contributed by atoms with van der Waals surface area (Å²) in [6.07, 6.45) is 1.83. The third-order valence-electron chi connectivity index (χ3n) is 3.64. The number of nitrogens with zero attached hydrogens (tertiary/aromatic N) is 1. The highest BCUT2D eigenvalue weighted by Crippen LogP contribution is 2.39. The summed E-state index contributed by atoms with van der Waals surface area (Å²) in [5.41, 5.74) is 3.61. The molecule has 4 rings (SSSR count). The summed E-state index contributed by atoms with van der Waals surface area (Å²) in [5.74, 6) is 1.09.